The molecule has 0 radical (unpaired) electrons. The van der Waals surface area contributed by atoms with E-state index in [4.69, 9.17) is 21.1 Å². The van der Waals surface area contributed by atoms with Gasteiger partial charge in [-0.15, -0.1) is 11.6 Å². The number of carbonyl (C=O) groups excluding carboxylic acids is 1. The van der Waals surface area contributed by atoms with Crippen LogP contribution in [-0.4, -0.2) is 23.9 Å². The summed E-state index contributed by atoms with van der Waals surface area (Å²) in [6, 6.07) is 5.67. The molecule has 0 spiro atoms. The van der Waals surface area contributed by atoms with E-state index in [-0.39, 0.29) is 11.9 Å². The Balaban J connectivity index is 2.91. The zero-order chi connectivity index (χ0) is 14.4. The third kappa shape index (κ3) is 5.11. The molecule has 0 saturated carbocycles. The second kappa shape index (κ2) is 7.39. The molecule has 0 aliphatic carbocycles. The number of benzene rings is 1. The van der Waals surface area contributed by atoms with Crippen molar-refractivity contribution in [3.63, 3.8) is 0 Å². The van der Waals surface area contributed by atoms with Gasteiger partial charge in [0.15, 0.2) is 11.5 Å². The van der Waals surface area contributed by atoms with Gasteiger partial charge in [0.05, 0.1) is 18.1 Å². The predicted molar refractivity (Wildman–Crippen MR) is 77.4 cm³/mol. The fraction of sp³-hybridized carbons (Fsp3) is 0.533. The number of ether oxygens (including phenoxy) is 2. The number of Topliss-reactive ketones (excluding diaryl/α,β-unsaturated/α-hetero) is 1. The molecule has 0 fully saturated rings. The minimum atomic E-state index is -0.494. The molecule has 0 saturated heterocycles. The fourth-order valence-electron chi connectivity index (χ4n) is 1.65. The first-order valence-corrected chi connectivity index (χ1v) is 6.94. The average Bonchev–Trinajstić information content (AvgIpc) is 2.32. The highest BCUT2D eigenvalue weighted by Crippen LogP contribution is 2.30. The Morgan fingerprint density at radius 1 is 1.32 bits per heavy atom. The van der Waals surface area contributed by atoms with Gasteiger partial charge in [0, 0.05) is 0 Å². The fourth-order valence-corrected chi connectivity index (χ4v) is 1.83. The minimum Gasteiger partial charge on any atom is -0.490 e. The SMILES string of the molecule is CCOc1cc(CC(Cl)C(C)=O)ccc1OC(C)C. The lowest BCUT2D eigenvalue weighted by atomic mass is 10.1. The molecule has 0 aliphatic rings. The maximum atomic E-state index is 11.2. The Hall–Kier alpha value is -1.22. The van der Waals surface area contributed by atoms with Gasteiger partial charge in [-0.1, -0.05) is 6.07 Å². The molecule has 0 aromatic heterocycles. The highest BCUT2D eigenvalue weighted by Gasteiger charge is 2.14. The van der Waals surface area contributed by atoms with Gasteiger partial charge in [-0.25, -0.2) is 0 Å². The van der Waals surface area contributed by atoms with E-state index in [1.807, 2.05) is 39.0 Å². The van der Waals surface area contributed by atoms with Crippen molar-refractivity contribution in [3.05, 3.63) is 23.8 Å². The molecule has 0 N–H and O–H groups in total. The molecule has 0 heterocycles. The Bertz CT molecular complexity index is 429. The first kappa shape index (κ1) is 15.8. The van der Waals surface area contributed by atoms with Crippen LogP contribution in [0.25, 0.3) is 0 Å². The average molecular weight is 285 g/mol. The second-order valence-electron chi connectivity index (χ2n) is 4.66. The van der Waals surface area contributed by atoms with E-state index in [0.717, 1.165) is 11.3 Å². The normalized spacial score (nSPS) is 12.3. The van der Waals surface area contributed by atoms with Gasteiger partial charge in [-0.05, 0) is 51.8 Å². The molecule has 3 nitrogen and oxygen atoms in total. The van der Waals surface area contributed by atoms with Crippen LogP contribution in [0, 0.1) is 0 Å². The number of alkyl halides is 1. The van der Waals surface area contributed by atoms with Gasteiger partial charge in [-0.2, -0.15) is 0 Å². The number of hydrogen-bond donors (Lipinski definition) is 0. The van der Waals surface area contributed by atoms with Crippen LogP contribution >= 0.6 is 11.6 Å². The van der Waals surface area contributed by atoms with Crippen molar-refractivity contribution in [1.29, 1.82) is 0 Å². The second-order valence-corrected chi connectivity index (χ2v) is 5.19. The summed E-state index contributed by atoms with van der Waals surface area (Å²) in [5.74, 6) is 1.39. The summed E-state index contributed by atoms with van der Waals surface area (Å²) in [5, 5.41) is -0.494. The molecule has 19 heavy (non-hydrogen) atoms. The molecular formula is C15H21ClO3. The summed E-state index contributed by atoms with van der Waals surface area (Å²) in [6.45, 7) is 7.92. The van der Waals surface area contributed by atoms with Crippen LogP contribution in [0.3, 0.4) is 0 Å². The molecular weight excluding hydrogens is 264 g/mol. The molecule has 1 aromatic carbocycles. The molecule has 1 atom stereocenters. The zero-order valence-electron chi connectivity index (χ0n) is 11.9. The van der Waals surface area contributed by atoms with Gasteiger partial charge in [-0.3, -0.25) is 4.79 Å². The molecule has 0 aliphatic heterocycles. The van der Waals surface area contributed by atoms with Crippen LogP contribution in [0.5, 0.6) is 11.5 Å². The smallest absolute Gasteiger partial charge is 0.161 e. The summed E-state index contributed by atoms with van der Waals surface area (Å²) < 4.78 is 11.2. The van der Waals surface area contributed by atoms with Crippen LogP contribution in [0.1, 0.15) is 33.3 Å². The zero-order valence-corrected chi connectivity index (χ0v) is 12.7. The van der Waals surface area contributed by atoms with E-state index in [2.05, 4.69) is 0 Å². The van der Waals surface area contributed by atoms with Crippen LogP contribution < -0.4 is 9.47 Å². The monoisotopic (exact) mass is 284 g/mol. The van der Waals surface area contributed by atoms with E-state index in [9.17, 15) is 4.79 Å². The quantitative estimate of drug-likeness (QED) is 0.718. The summed E-state index contributed by atoms with van der Waals surface area (Å²) in [6.07, 6.45) is 0.585. The first-order valence-electron chi connectivity index (χ1n) is 6.51. The summed E-state index contributed by atoms with van der Waals surface area (Å²) in [7, 11) is 0. The van der Waals surface area contributed by atoms with Crippen molar-refractivity contribution < 1.29 is 14.3 Å². The van der Waals surface area contributed by atoms with Crippen molar-refractivity contribution in [3.8, 4) is 11.5 Å². The number of carbonyl (C=O) groups is 1. The number of ketones is 1. The standard InChI is InChI=1S/C15H21ClO3/c1-5-18-15-9-12(8-13(16)11(4)17)6-7-14(15)19-10(2)3/h6-7,9-10,13H,5,8H2,1-4H3. The Labute approximate surface area is 119 Å². The van der Waals surface area contributed by atoms with Crippen molar-refractivity contribution in [2.75, 3.05) is 6.61 Å². The molecule has 0 bridgehead atoms. The molecule has 1 unspecified atom stereocenters. The maximum absolute atomic E-state index is 11.2. The molecule has 106 valence electrons. The number of halogens is 1. The summed E-state index contributed by atoms with van der Waals surface area (Å²) in [5.41, 5.74) is 0.967. The van der Waals surface area contributed by atoms with Crippen LogP contribution in [0.2, 0.25) is 0 Å². The highest BCUT2D eigenvalue weighted by molar-refractivity contribution is 6.30. The van der Waals surface area contributed by atoms with Gasteiger partial charge < -0.3 is 9.47 Å². The van der Waals surface area contributed by atoms with Gasteiger partial charge in [0.1, 0.15) is 5.78 Å². The highest BCUT2D eigenvalue weighted by atomic mass is 35.5. The Kier molecular flexibility index (Phi) is 6.16. The van der Waals surface area contributed by atoms with Gasteiger partial charge >= 0.3 is 0 Å². The maximum Gasteiger partial charge on any atom is 0.161 e. The lowest BCUT2D eigenvalue weighted by molar-refractivity contribution is -0.116. The Morgan fingerprint density at radius 2 is 2.00 bits per heavy atom. The summed E-state index contributed by atoms with van der Waals surface area (Å²) in [4.78, 5) is 11.2. The van der Waals surface area contributed by atoms with Crippen LogP contribution in [0.4, 0.5) is 0 Å². The number of rotatable bonds is 7. The van der Waals surface area contributed by atoms with E-state index < -0.39 is 5.38 Å². The van der Waals surface area contributed by atoms with Crippen LogP contribution in [-0.2, 0) is 11.2 Å². The molecule has 1 aromatic rings. The largest absolute Gasteiger partial charge is 0.490 e. The van der Waals surface area contributed by atoms with Crippen molar-refractivity contribution in [2.24, 2.45) is 0 Å². The number of hydrogen-bond acceptors (Lipinski definition) is 3. The van der Waals surface area contributed by atoms with E-state index in [1.54, 1.807) is 0 Å². The van der Waals surface area contributed by atoms with E-state index in [1.165, 1.54) is 6.92 Å². The van der Waals surface area contributed by atoms with Gasteiger partial charge in [0.25, 0.3) is 0 Å². The summed E-state index contributed by atoms with van der Waals surface area (Å²) >= 11 is 5.98. The van der Waals surface area contributed by atoms with E-state index in [0.29, 0.717) is 18.8 Å². The third-order valence-electron chi connectivity index (χ3n) is 2.53. The third-order valence-corrected chi connectivity index (χ3v) is 2.99. The predicted octanol–water partition coefficient (Wildman–Crippen LogP) is 3.61. The minimum absolute atomic E-state index is 0.0258. The van der Waals surface area contributed by atoms with E-state index >= 15 is 0 Å². The van der Waals surface area contributed by atoms with Gasteiger partial charge in [0.2, 0.25) is 0 Å². The molecule has 0 amide bonds. The topological polar surface area (TPSA) is 35.5 Å². The van der Waals surface area contributed by atoms with Crippen molar-refractivity contribution in [1.82, 2.24) is 0 Å². The van der Waals surface area contributed by atoms with Crippen LogP contribution in [0.15, 0.2) is 18.2 Å². The Morgan fingerprint density at radius 3 is 2.53 bits per heavy atom. The molecule has 1 rings (SSSR count). The molecule has 4 heteroatoms. The van der Waals surface area contributed by atoms with Crippen molar-refractivity contribution in [2.45, 2.75) is 45.6 Å². The lowest BCUT2D eigenvalue weighted by Gasteiger charge is -2.16. The lowest BCUT2D eigenvalue weighted by Crippen LogP contribution is -2.13. The first-order chi connectivity index (χ1) is 8.93. The van der Waals surface area contributed by atoms with Crippen molar-refractivity contribution >= 4 is 17.4 Å².